The molecule has 5 rings (SSSR count). The summed E-state index contributed by atoms with van der Waals surface area (Å²) >= 11 is 0. The number of rotatable bonds is 3. The first-order chi connectivity index (χ1) is 13.5. The average Bonchev–Trinajstić information content (AvgIpc) is 3.09. The Morgan fingerprint density at radius 2 is 1.86 bits per heavy atom. The lowest BCUT2D eigenvalue weighted by molar-refractivity contribution is -0.0262. The van der Waals surface area contributed by atoms with Crippen LogP contribution < -0.4 is 9.80 Å². The highest BCUT2D eigenvalue weighted by molar-refractivity contribution is 5.64. The maximum absolute atomic E-state index is 13.2. The molecule has 2 aliphatic rings. The Balaban J connectivity index is 1.53. The van der Waals surface area contributed by atoms with E-state index in [0.29, 0.717) is 19.2 Å². The van der Waals surface area contributed by atoms with Gasteiger partial charge in [0.2, 0.25) is 5.95 Å². The first-order valence-corrected chi connectivity index (χ1v) is 9.27. The van der Waals surface area contributed by atoms with Crippen molar-refractivity contribution in [1.82, 2.24) is 19.4 Å². The second kappa shape index (κ2) is 6.37. The molecular weight excluding hydrogens is 366 g/mol. The molecular formula is C19H20F2N6O. The summed E-state index contributed by atoms with van der Waals surface area (Å²) < 4.78 is 33.8. The molecule has 0 amide bonds. The molecule has 9 heteroatoms. The van der Waals surface area contributed by atoms with Crippen molar-refractivity contribution in [2.75, 3.05) is 49.2 Å². The molecule has 2 fully saturated rings. The van der Waals surface area contributed by atoms with E-state index in [1.165, 1.54) is 0 Å². The summed E-state index contributed by atoms with van der Waals surface area (Å²) in [6.45, 7) is 4.25. The summed E-state index contributed by atoms with van der Waals surface area (Å²) in [5.41, 5.74) is 3.92. The number of morpholine rings is 1. The van der Waals surface area contributed by atoms with Crippen LogP contribution in [-0.2, 0) is 4.74 Å². The Bertz CT molecular complexity index is 1020. The van der Waals surface area contributed by atoms with Crippen molar-refractivity contribution < 1.29 is 13.5 Å². The number of aromatic nitrogens is 4. The lowest BCUT2D eigenvalue weighted by Crippen LogP contribution is -2.56. The van der Waals surface area contributed by atoms with E-state index < -0.39 is 5.92 Å². The summed E-state index contributed by atoms with van der Waals surface area (Å²) in [6, 6.07) is 5.58. The number of hydrogen-bond donors (Lipinski definition) is 0. The molecule has 3 aromatic heterocycles. The molecule has 0 unspecified atom stereocenters. The lowest BCUT2D eigenvalue weighted by atomic mass is 10.1. The zero-order valence-electron chi connectivity index (χ0n) is 15.5. The molecule has 0 N–H and O–H groups in total. The van der Waals surface area contributed by atoms with Gasteiger partial charge in [0, 0.05) is 25.0 Å². The van der Waals surface area contributed by atoms with Gasteiger partial charge < -0.3 is 14.5 Å². The summed E-state index contributed by atoms with van der Waals surface area (Å²) in [5, 5.41) is 0. The molecule has 0 radical (unpaired) electrons. The van der Waals surface area contributed by atoms with Crippen LogP contribution in [0, 0.1) is 6.92 Å². The summed E-state index contributed by atoms with van der Waals surface area (Å²) in [5.74, 6) is -1.93. The van der Waals surface area contributed by atoms with Crippen LogP contribution in [0.5, 0.6) is 0 Å². The second-order valence-corrected chi connectivity index (χ2v) is 7.26. The van der Waals surface area contributed by atoms with Crippen LogP contribution in [0.2, 0.25) is 0 Å². The summed E-state index contributed by atoms with van der Waals surface area (Å²) in [6.07, 6.45) is 3.60. The van der Waals surface area contributed by atoms with E-state index in [1.54, 1.807) is 11.1 Å². The number of hydrogen-bond acceptors (Lipinski definition) is 6. The van der Waals surface area contributed by atoms with Crippen LogP contribution in [0.15, 0.2) is 30.6 Å². The number of halogens is 2. The molecule has 0 saturated carbocycles. The van der Waals surface area contributed by atoms with Gasteiger partial charge in [-0.1, -0.05) is 0 Å². The minimum Gasteiger partial charge on any atom is -0.378 e. The molecule has 2 aliphatic heterocycles. The minimum atomic E-state index is -2.61. The average molecular weight is 386 g/mol. The maximum atomic E-state index is 13.2. The standard InChI is InChI=1S/C19H20F2N6O/c1-13-8-15(24-18(23-13)25-4-6-28-7-5-25)16-9-22-17-3-2-14(10-27(16)17)26-11-19(20,21)12-26/h2-3,8-10H,4-7,11-12H2,1H3. The van der Waals surface area contributed by atoms with Crippen molar-refractivity contribution in [3.05, 3.63) is 36.3 Å². The molecule has 0 bridgehead atoms. The van der Waals surface area contributed by atoms with Crippen LogP contribution >= 0.6 is 0 Å². The van der Waals surface area contributed by atoms with Crippen LogP contribution in [0.25, 0.3) is 17.0 Å². The first-order valence-electron chi connectivity index (χ1n) is 9.27. The molecule has 3 aromatic rings. The number of pyridine rings is 1. The van der Waals surface area contributed by atoms with Gasteiger partial charge in [0.05, 0.1) is 49.6 Å². The summed E-state index contributed by atoms with van der Waals surface area (Å²) in [7, 11) is 0. The van der Waals surface area contributed by atoms with E-state index in [-0.39, 0.29) is 13.1 Å². The van der Waals surface area contributed by atoms with Gasteiger partial charge in [-0.05, 0) is 25.1 Å². The fraction of sp³-hybridized carbons (Fsp3) is 0.421. The van der Waals surface area contributed by atoms with Crippen molar-refractivity contribution >= 4 is 17.3 Å². The van der Waals surface area contributed by atoms with E-state index in [9.17, 15) is 8.78 Å². The highest BCUT2D eigenvalue weighted by atomic mass is 19.3. The number of ether oxygens (including phenoxy) is 1. The molecule has 5 heterocycles. The lowest BCUT2D eigenvalue weighted by Gasteiger charge is -2.40. The quantitative estimate of drug-likeness (QED) is 0.689. The van der Waals surface area contributed by atoms with Gasteiger partial charge in [-0.2, -0.15) is 0 Å². The molecule has 28 heavy (non-hydrogen) atoms. The molecule has 2 saturated heterocycles. The summed E-state index contributed by atoms with van der Waals surface area (Å²) in [4.78, 5) is 17.5. The minimum absolute atomic E-state index is 0.254. The van der Waals surface area contributed by atoms with Gasteiger partial charge in [-0.25, -0.2) is 23.7 Å². The first kappa shape index (κ1) is 17.3. The number of fused-ring (bicyclic) bond motifs is 1. The third kappa shape index (κ3) is 3.05. The van der Waals surface area contributed by atoms with E-state index in [4.69, 9.17) is 9.72 Å². The zero-order chi connectivity index (χ0) is 19.3. The smallest absolute Gasteiger partial charge is 0.282 e. The third-order valence-corrected chi connectivity index (χ3v) is 5.10. The van der Waals surface area contributed by atoms with Gasteiger partial charge in [0.15, 0.2) is 0 Å². The Morgan fingerprint density at radius 3 is 2.61 bits per heavy atom. The van der Waals surface area contributed by atoms with Crippen molar-refractivity contribution in [3.8, 4) is 11.4 Å². The van der Waals surface area contributed by atoms with Gasteiger partial charge in [0.25, 0.3) is 5.92 Å². The van der Waals surface area contributed by atoms with Crippen LogP contribution in [0.3, 0.4) is 0 Å². The SMILES string of the molecule is Cc1cc(-c2cnc3ccc(N4CC(F)(F)C4)cn23)nc(N2CCOCC2)n1. The Morgan fingerprint density at radius 1 is 1.07 bits per heavy atom. The normalized spacial score (nSPS) is 19.1. The topological polar surface area (TPSA) is 58.8 Å². The van der Waals surface area contributed by atoms with E-state index >= 15 is 0 Å². The molecule has 0 aromatic carbocycles. The predicted octanol–water partition coefficient (Wildman–Crippen LogP) is 2.39. The van der Waals surface area contributed by atoms with Crippen LogP contribution in [0.4, 0.5) is 20.4 Å². The Labute approximate surface area is 160 Å². The van der Waals surface area contributed by atoms with Crippen molar-refractivity contribution in [2.45, 2.75) is 12.8 Å². The van der Waals surface area contributed by atoms with Crippen molar-refractivity contribution in [3.63, 3.8) is 0 Å². The fourth-order valence-electron chi connectivity index (χ4n) is 3.63. The molecule has 7 nitrogen and oxygen atoms in total. The second-order valence-electron chi connectivity index (χ2n) is 7.26. The molecule has 0 spiro atoms. The number of imidazole rings is 1. The van der Waals surface area contributed by atoms with Crippen molar-refractivity contribution in [2.24, 2.45) is 0 Å². The van der Waals surface area contributed by atoms with Crippen molar-refractivity contribution in [1.29, 1.82) is 0 Å². The molecule has 146 valence electrons. The van der Waals surface area contributed by atoms with Crippen LogP contribution in [-0.4, -0.2) is 64.7 Å². The zero-order valence-corrected chi connectivity index (χ0v) is 15.5. The van der Waals surface area contributed by atoms with Crippen LogP contribution in [0.1, 0.15) is 5.69 Å². The van der Waals surface area contributed by atoms with E-state index in [2.05, 4.69) is 14.9 Å². The molecule has 0 aliphatic carbocycles. The maximum Gasteiger partial charge on any atom is 0.282 e. The van der Waals surface area contributed by atoms with E-state index in [1.807, 2.05) is 35.7 Å². The highest BCUT2D eigenvalue weighted by Crippen LogP contribution is 2.32. The number of anilines is 2. The monoisotopic (exact) mass is 386 g/mol. The fourth-order valence-corrected chi connectivity index (χ4v) is 3.63. The van der Waals surface area contributed by atoms with Gasteiger partial charge in [-0.3, -0.25) is 4.40 Å². The van der Waals surface area contributed by atoms with Gasteiger partial charge in [0.1, 0.15) is 5.65 Å². The van der Waals surface area contributed by atoms with E-state index in [0.717, 1.165) is 41.5 Å². The number of alkyl halides is 2. The predicted molar refractivity (Wildman–Crippen MR) is 101 cm³/mol. The Hall–Kier alpha value is -2.81. The van der Waals surface area contributed by atoms with Gasteiger partial charge >= 0.3 is 0 Å². The number of nitrogens with zero attached hydrogens (tertiary/aromatic N) is 6. The molecule has 0 atom stereocenters. The highest BCUT2D eigenvalue weighted by Gasteiger charge is 2.44. The Kier molecular flexibility index (Phi) is 3.94. The van der Waals surface area contributed by atoms with Gasteiger partial charge in [-0.15, -0.1) is 0 Å². The third-order valence-electron chi connectivity index (χ3n) is 5.10. The largest absolute Gasteiger partial charge is 0.378 e. The number of aryl methyl sites for hydroxylation is 1.